The topological polar surface area (TPSA) is 82.1 Å². The Labute approximate surface area is 340 Å². The van der Waals surface area contributed by atoms with Crippen LogP contribution in [0.3, 0.4) is 0 Å². The second kappa shape index (κ2) is 19.2. The van der Waals surface area contributed by atoms with E-state index in [0.717, 1.165) is 73.6 Å². The minimum atomic E-state index is -0.184. The number of rotatable bonds is 9. The van der Waals surface area contributed by atoms with E-state index < -0.39 is 0 Å². The number of esters is 2. The lowest BCUT2D eigenvalue weighted by molar-refractivity contribution is -0.141. The van der Waals surface area contributed by atoms with Crippen LogP contribution in [0.4, 0.5) is 0 Å². The minimum Gasteiger partial charge on any atom is -0.508 e. The maximum absolute atomic E-state index is 13.1. The van der Waals surface area contributed by atoms with Crippen LogP contribution in [0, 0.1) is 59.9 Å². The first kappa shape index (κ1) is 39.1. The number of hydrogen-bond acceptors (Lipinski definition) is 6. The van der Waals surface area contributed by atoms with Crippen molar-refractivity contribution in [2.75, 3.05) is 0 Å². The summed E-state index contributed by atoms with van der Waals surface area (Å²) in [7, 11) is 0. The molecule has 58 heavy (non-hydrogen) atoms. The summed E-state index contributed by atoms with van der Waals surface area (Å²) in [6.45, 7) is 0. The van der Waals surface area contributed by atoms with Gasteiger partial charge in [0.05, 0.1) is 11.8 Å². The normalized spacial score (nSPS) is 18.3. The van der Waals surface area contributed by atoms with Crippen LogP contribution in [0.5, 0.6) is 23.0 Å². The summed E-state index contributed by atoms with van der Waals surface area (Å²) in [4.78, 5) is 26.1. The van der Waals surface area contributed by atoms with Crippen LogP contribution >= 0.6 is 0 Å². The molecule has 0 heterocycles. The Morgan fingerprint density at radius 3 is 1.41 bits per heavy atom. The number of hydrogen-bond donors (Lipinski definition) is 1. The van der Waals surface area contributed by atoms with Crippen LogP contribution in [-0.2, 0) is 9.59 Å². The van der Waals surface area contributed by atoms with Gasteiger partial charge in [0.25, 0.3) is 0 Å². The minimum absolute atomic E-state index is 0.113. The SMILES string of the molecule is C#CC#CC#CC#COc1ccc(C2CCC(C(=O)Oc3ccc(-c4cccc(-c5ccc(OC(=O)C6CCC(c7ccc(O)cc7)CC6)cc5)c4)cc3)CC2)cc1. The molecule has 0 atom stereocenters. The van der Waals surface area contributed by atoms with E-state index in [1.807, 2.05) is 91.0 Å². The first-order valence-corrected chi connectivity index (χ1v) is 19.7. The zero-order chi connectivity index (χ0) is 40.1. The molecule has 7 rings (SSSR count). The highest BCUT2D eigenvalue weighted by molar-refractivity contribution is 5.78. The van der Waals surface area contributed by atoms with Crippen LogP contribution in [0.1, 0.15) is 74.3 Å². The molecule has 0 aromatic heterocycles. The van der Waals surface area contributed by atoms with Crippen LogP contribution in [-0.4, -0.2) is 17.0 Å². The Morgan fingerprint density at radius 2 is 0.931 bits per heavy atom. The van der Waals surface area contributed by atoms with Crippen molar-refractivity contribution >= 4 is 11.9 Å². The van der Waals surface area contributed by atoms with Crippen LogP contribution in [0.15, 0.2) is 121 Å². The predicted molar refractivity (Wildman–Crippen MR) is 225 cm³/mol. The summed E-state index contributed by atoms with van der Waals surface area (Å²) in [6, 6.07) is 38.8. The first-order valence-electron chi connectivity index (χ1n) is 19.7. The Kier molecular flexibility index (Phi) is 12.9. The number of aromatic hydroxyl groups is 1. The van der Waals surface area contributed by atoms with Crippen molar-refractivity contribution in [3.63, 3.8) is 0 Å². The van der Waals surface area contributed by atoms with Gasteiger partial charge in [-0.3, -0.25) is 9.59 Å². The van der Waals surface area contributed by atoms with E-state index in [0.29, 0.717) is 29.1 Å². The molecule has 2 fully saturated rings. The van der Waals surface area contributed by atoms with Crippen LogP contribution in [0.2, 0.25) is 0 Å². The third-order valence-electron chi connectivity index (χ3n) is 11.1. The molecule has 1 N–H and O–H groups in total. The van der Waals surface area contributed by atoms with Gasteiger partial charge in [-0.1, -0.05) is 66.7 Å². The van der Waals surface area contributed by atoms with Gasteiger partial charge in [-0.25, -0.2) is 0 Å². The van der Waals surface area contributed by atoms with Crippen LogP contribution in [0.25, 0.3) is 22.3 Å². The Morgan fingerprint density at radius 1 is 0.500 bits per heavy atom. The van der Waals surface area contributed by atoms with Gasteiger partial charge >= 0.3 is 11.9 Å². The number of benzene rings is 5. The fourth-order valence-electron chi connectivity index (χ4n) is 7.83. The van der Waals surface area contributed by atoms with Gasteiger partial charge in [0.1, 0.15) is 29.1 Å². The van der Waals surface area contributed by atoms with Gasteiger partial charge in [-0.05, 0) is 169 Å². The van der Waals surface area contributed by atoms with Gasteiger partial charge in [0.15, 0.2) is 0 Å². The van der Waals surface area contributed by atoms with Crippen molar-refractivity contribution in [3.05, 3.63) is 132 Å². The Bertz CT molecular complexity index is 2440. The van der Waals surface area contributed by atoms with Crippen molar-refractivity contribution in [1.29, 1.82) is 0 Å². The lowest BCUT2D eigenvalue weighted by Crippen LogP contribution is -2.25. The number of ether oxygens (including phenoxy) is 3. The molecule has 0 saturated heterocycles. The van der Waals surface area contributed by atoms with E-state index in [1.165, 1.54) is 11.1 Å². The molecule has 6 nitrogen and oxygen atoms in total. The highest BCUT2D eigenvalue weighted by Gasteiger charge is 2.30. The van der Waals surface area contributed by atoms with E-state index in [-0.39, 0.29) is 29.5 Å². The largest absolute Gasteiger partial charge is 0.508 e. The number of phenols is 1. The average Bonchev–Trinajstić information content (AvgIpc) is 3.27. The third kappa shape index (κ3) is 10.4. The fourth-order valence-corrected chi connectivity index (χ4v) is 7.83. The lowest BCUT2D eigenvalue weighted by Gasteiger charge is -2.27. The molecule has 6 heteroatoms. The first-order chi connectivity index (χ1) is 28.4. The summed E-state index contributed by atoms with van der Waals surface area (Å²) in [5, 5.41) is 9.59. The molecule has 0 spiro atoms. The van der Waals surface area contributed by atoms with Gasteiger partial charge in [0.2, 0.25) is 0 Å². The molecule has 0 amide bonds. The van der Waals surface area contributed by atoms with Crippen molar-refractivity contribution in [2.24, 2.45) is 11.8 Å². The van der Waals surface area contributed by atoms with Gasteiger partial charge in [-0.2, -0.15) is 0 Å². The molecule has 5 aromatic carbocycles. The number of phenolic OH excluding ortho intramolecular Hbond substituents is 1. The quantitative estimate of drug-likeness (QED) is 0.0915. The third-order valence-corrected chi connectivity index (χ3v) is 11.1. The molecule has 0 unspecified atom stereocenters. The summed E-state index contributed by atoms with van der Waals surface area (Å²) in [6.07, 6.45) is 14.4. The molecule has 0 radical (unpaired) electrons. The number of carbonyl (C=O) groups excluding carboxylic acids is 2. The van der Waals surface area contributed by atoms with Gasteiger partial charge < -0.3 is 19.3 Å². The summed E-state index contributed by atoms with van der Waals surface area (Å²) in [5.41, 5.74) is 6.52. The molecule has 0 aliphatic heterocycles. The summed E-state index contributed by atoms with van der Waals surface area (Å²) in [5.74, 6) is 16.9. The standard InChI is InChI=1S/C52H42O6/c1-2-3-4-5-6-7-35-56-48-29-21-40(22-30-48)38-13-17-44(18-14-38)52(55)58-50-33-25-42(26-34-50)46-10-8-9-45(36-46)41-23-31-49(32-24-41)57-51(54)43-15-11-37(12-16-43)39-19-27-47(53)28-20-39/h1,8-10,19-34,36-38,43-44,53H,11-18H2. The predicted octanol–water partition coefficient (Wildman–Crippen LogP) is 10.5. The van der Waals surface area contributed by atoms with Gasteiger partial charge in [0, 0.05) is 17.8 Å². The molecular formula is C52H42O6. The molecule has 2 aliphatic rings. The Balaban J connectivity index is 0.864. The fraction of sp³-hybridized carbons (Fsp3) is 0.231. The van der Waals surface area contributed by atoms with Crippen molar-refractivity contribution in [2.45, 2.75) is 63.2 Å². The number of terminal acetylenes is 1. The van der Waals surface area contributed by atoms with Crippen molar-refractivity contribution < 1.29 is 28.9 Å². The van der Waals surface area contributed by atoms with Gasteiger partial charge in [-0.15, -0.1) is 6.42 Å². The van der Waals surface area contributed by atoms with Crippen molar-refractivity contribution in [3.8, 4) is 93.3 Å². The highest BCUT2D eigenvalue weighted by atomic mass is 16.5. The second-order valence-electron chi connectivity index (χ2n) is 14.7. The van der Waals surface area contributed by atoms with E-state index in [9.17, 15) is 14.7 Å². The molecule has 5 aromatic rings. The molecule has 286 valence electrons. The van der Waals surface area contributed by atoms with E-state index >= 15 is 0 Å². The van der Waals surface area contributed by atoms with E-state index in [4.69, 9.17) is 20.6 Å². The average molecular weight is 763 g/mol. The Hall–Kier alpha value is -7.12. The highest BCUT2D eigenvalue weighted by Crippen LogP contribution is 2.39. The summed E-state index contributed by atoms with van der Waals surface area (Å²) >= 11 is 0. The monoisotopic (exact) mass is 762 g/mol. The lowest BCUT2D eigenvalue weighted by atomic mass is 9.79. The molecular weight excluding hydrogens is 721 g/mol. The van der Waals surface area contributed by atoms with E-state index in [2.05, 4.69) is 59.8 Å². The molecule has 2 saturated carbocycles. The maximum atomic E-state index is 13.1. The molecule has 0 bridgehead atoms. The maximum Gasteiger partial charge on any atom is 0.314 e. The van der Waals surface area contributed by atoms with E-state index in [1.54, 1.807) is 12.1 Å². The molecule has 2 aliphatic carbocycles. The zero-order valence-corrected chi connectivity index (χ0v) is 32.1. The smallest absolute Gasteiger partial charge is 0.314 e. The van der Waals surface area contributed by atoms with Crippen LogP contribution < -0.4 is 14.2 Å². The summed E-state index contributed by atoms with van der Waals surface area (Å²) < 4.78 is 17.1. The van der Waals surface area contributed by atoms with Crippen molar-refractivity contribution in [1.82, 2.24) is 0 Å². The number of carbonyl (C=O) groups is 2. The zero-order valence-electron chi connectivity index (χ0n) is 32.1. The second-order valence-corrected chi connectivity index (χ2v) is 14.7.